The highest BCUT2D eigenvalue weighted by molar-refractivity contribution is 7.09. The molecule has 1 heterocycles. The van der Waals surface area contributed by atoms with Crippen LogP contribution in [-0.2, 0) is 12.8 Å². The van der Waals surface area contributed by atoms with Crippen LogP contribution in [0, 0.1) is 0 Å². The summed E-state index contributed by atoms with van der Waals surface area (Å²) in [6.07, 6.45) is 1.54. The zero-order valence-corrected chi connectivity index (χ0v) is 16.5. The molecule has 27 heavy (non-hydrogen) atoms. The van der Waals surface area contributed by atoms with Gasteiger partial charge >= 0.3 is 0 Å². The minimum atomic E-state index is 0.686. The summed E-state index contributed by atoms with van der Waals surface area (Å²) in [4.78, 5) is 4.56. The molecule has 2 aromatic carbocycles. The minimum Gasteiger partial charge on any atom is -0.497 e. The number of aromatic nitrogens is 2. The van der Waals surface area contributed by atoms with Crippen LogP contribution in [0.3, 0.4) is 0 Å². The van der Waals surface area contributed by atoms with Crippen LogP contribution in [0.25, 0.3) is 0 Å². The fourth-order valence-electron chi connectivity index (χ4n) is 2.71. The van der Waals surface area contributed by atoms with E-state index in [1.165, 1.54) is 17.1 Å². The number of nitrogens with zero attached hydrogens (tertiary/aromatic N) is 2. The quantitative estimate of drug-likeness (QED) is 0.604. The average molecular weight is 385 g/mol. The van der Waals surface area contributed by atoms with Gasteiger partial charge in [0.05, 0.1) is 21.3 Å². The molecule has 0 aliphatic carbocycles. The lowest BCUT2D eigenvalue weighted by Gasteiger charge is -2.09. The van der Waals surface area contributed by atoms with Crippen LogP contribution in [-0.4, -0.2) is 37.2 Å². The van der Waals surface area contributed by atoms with Crippen LogP contribution in [0.15, 0.2) is 42.5 Å². The lowest BCUT2D eigenvalue weighted by molar-refractivity contribution is 0.354. The second-order valence-corrected chi connectivity index (χ2v) is 6.66. The Bertz CT molecular complexity index is 882. The molecule has 0 unspecified atom stereocenters. The first-order valence-corrected chi connectivity index (χ1v) is 9.39. The highest BCUT2D eigenvalue weighted by Gasteiger charge is 2.07. The van der Waals surface area contributed by atoms with Crippen molar-refractivity contribution in [2.45, 2.75) is 12.8 Å². The second kappa shape index (κ2) is 9.23. The van der Waals surface area contributed by atoms with Crippen molar-refractivity contribution < 1.29 is 14.2 Å². The normalized spacial score (nSPS) is 10.5. The molecule has 0 fully saturated rings. The third kappa shape index (κ3) is 5.10. The van der Waals surface area contributed by atoms with Crippen LogP contribution >= 0.6 is 11.5 Å². The van der Waals surface area contributed by atoms with E-state index in [0.29, 0.717) is 6.42 Å². The van der Waals surface area contributed by atoms with Gasteiger partial charge in [-0.3, -0.25) is 0 Å². The first kappa shape index (κ1) is 19.0. The number of methoxy groups -OCH3 is 3. The Morgan fingerprint density at radius 3 is 2.56 bits per heavy atom. The average Bonchev–Trinajstić information content (AvgIpc) is 3.15. The van der Waals surface area contributed by atoms with E-state index in [4.69, 9.17) is 14.2 Å². The number of rotatable bonds is 9. The first-order chi connectivity index (χ1) is 13.2. The van der Waals surface area contributed by atoms with E-state index in [2.05, 4.69) is 14.7 Å². The maximum Gasteiger partial charge on any atom is 0.202 e. The number of benzene rings is 2. The largest absolute Gasteiger partial charge is 0.497 e. The van der Waals surface area contributed by atoms with E-state index in [0.717, 1.165) is 46.7 Å². The molecule has 6 nitrogen and oxygen atoms in total. The SMILES string of the molecule is COc1cccc(Cc2nsc(NCCc3ccc(OC)c(OC)c3)n2)c1. The Labute approximate surface area is 163 Å². The topological polar surface area (TPSA) is 65.5 Å². The maximum atomic E-state index is 5.34. The number of hydrogen-bond donors (Lipinski definition) is 1. The molecule has 7 heteroatoms. The van der Waals surface area contributed by atoms with Gasteiger partial charge in [-0.1, -0.05) is 18.2 Å². The maximum absolute atomic E-state index is 5.34. The number of nitrogens with one attached hydrogen (secondary N) is 1. The van der Waals surface area contributed by atoms with E-state index < -0.39 is 0 Å². The highest BCUT2D eigenvalue weighted by atomic mass is 32.1. The molecule has 0 radical (unpaired) electrons. The Morgan fingerprint density at radius 2 is 1.78 bits per heavy atom. The molecule has 0 aliphatic rings. The molecule has 0 amide bonds. The molecule has 0 aliphatic heterocycles. The molecule has 3 rings (SSSR count). The smallest absolute Gasteiger partial charge is 0.202 e. The van der Waals surface area contributed by atoms with E-state index in [9.17, 15) is 0 Å². The summed E-state index contributed by atoms with van der Waals surface area (Å²) < 4.78 is 20.3. The Kier molecular flexibility index (Phi) is 6.49. The third-order valence-corrected chi connectivity index (χ3v) is 4.81. The summed E-state index contributed by atoms with van der Waals surface area (Å²) in [5.74, 6) is 3.13. The lowest BCUT2D eigenvalue weighted by atomic mass is 10.1. The molecule has 142 valence electrons. The van der Waals surface area contributed by atoms with Gasteiger partial charge in [0.1, 0.15) is 11.6 Å². The van der Waals surface area contributed by atoms with Gasteiger partial charge in [-0.2, -0.15) is 4.37 Å². The van der Waals surface area contributed by atoms with Gasteiger partial charge in [0.25, 0.3) is 0 Å². The zero-order valence-electron chi connectivity index (χ0n) is 15.7. The molecule has 0 saturated heterocycles. The van der Waals surface area contributed by atoms with Crippen molar-refractivity contribution >= 4 is 16.7 Å². The summed E-state index contributed by atoms with van der Waals surface area (Å²) in [6.45, 7) is 0.767. The summed E-state index contributed by atoms with van der Waals surface area (Å²) in [5.41, 5.74) is 2.30. The Morgan fingerprint density at radius 1 is 0.926 bits per heavy atom. The van der Waals surface area contributed by atoms with Crippen LogP contribution in [0.5, 0.6) is 17.2 Å². The van der Waals surface area contributed by atoms with E-state index in [1.807, 2.05) is 42.5 Å². The fourth-order valence-corrected chi connectivity index (χ4v) is 3.32. The molecular weight excluding hydrogens is 362 g/mol. The molecule has 0 atom stereocenters. The van der Waals surface area contributed by atoms with Gasteiger partial charge in [0, 0.05) is 24.5 Å². The van der Waals surface area contributed by atoms with Gasteiger partial charge in [-0.15, -0.1) is 0 Å². The van der Waals surface area contributed by atoms with Crippen molar-refractivity contribution in [1.29, 1.82) is 0 Å². The van der Waals surface area contributed by atoms with E-state index >= 15 is 0 Å². The zero-order chi connectivity index (χ0) is 19.1. The fraction of sp³-hybridized carbons (Fsp3) is 0.300. The van der Waals surface area contributed by atoms with Crippen molar-refractivity contribution in [2.75, 3.05) is 33.2 Å². The Hall–Kier alpha value is -2.80. The van der Waals surface area contributed by atoms with E-state index in [1.54, 1.807) is 21.3 Å². The van der Waals surface area contributed by atoms with Gasteiger partial charge in [0.2, 0.25) is 5.13 Å². The van der Waals surface area contributed by atoms with Crippen LogP contribution in [0.1, 0.15) is 17.0 Å². The first-order valence-electron chi connectivity index (χ1n) is 8.62. The van der Waals surface area contributed by atoms with Gasteiger partial charge in [-0.05, 0) is 41.8 Å². The number of anilines is 1. The molecular formula is C20H23N3O3S. The molecule has 0 saturated carbocycles. The molecule has 1 N–H and O–H groups in total. The monoisotopic (exact) mass is 385 g/mol. The molecule has 1 aromatic heterocycles. The predicted molar refractivity (Wildman–Crippen MR) is 107 cm³/mol. The van der Waals surface area contributed by atoms with Crippen molar-refractivity contribution in [2.24, 2.45) is 0 Å². The summed E-state index contributed by atoms with van der Waals surface area (Å²) >= 11 is 1.38. The molecule has 0 spiro atoms. The Balaban J connectivity index is 1.54. The molecule has 0 bridgehead atoms. The van der Waals surface area contributed by atoms with Crippen LogP contribution in [0.2, 0.25) is 0 Å². The third-order valence-electron chi connectivity index (χ3n) is 4.10. The van der Waals surface area contributed by atoms with Crippen molar-refractivity contribution in [3.8, 4) is 17.2 Å². The van der Waals surface area contributed by atoms with Crippen molar-refractivity contribution in [3.05, 3.63) is 59.4 Å². The van der Waals surface area contributed by atoms with Gasteiger partial charge in [0.15, 0.2) is 11.5 Å². The van der Waals surface area contributed by atoms with Crippen LogP contribution in [0.4, 0.5) is 5.13 Å². The summed E-state index contributed by atoms with van der Waals surface area (Å²) in [7, 11) is 4.95. The lowest BCUT2D eigenvalue weighted by Crippen LogP contribution is -2.05. The number of hydrogen-bond acceptors (Lipinski definition) is 7. The highest BCUT2D eigenvalue weighted by Crippen LogP contribution is 2.27. The standard InChI is InChI=1S/C20H23N3O3S/c1-24-16-6-4-5-15(11-16)13-19-22-20(27-23-19)21-10-9-14-7-8-17(25-2)18(12-14)26-3/h4-8,11-12H,9-10,13H2,1-3H3,(H,21,22,23). The second-order valence-electron chi connectivity index (χ2n) is 5.91. The van der Waals surface area contributed by atoms with Crippen LogP contribution < -0.4 is 19.5 Å². The minimum absolute atomic E-state index is 0.686. The van der Waals surface area contributed by atoms with E-state index in [-0.39, 0.29) is 0 Å². The summed E-state index contributed by atoms with van der Waals surface area (Å²) in [6, 6.07) is 13.9. The van der Waals surface area contributed by atoms with Gasteiger partial charge in [-0.25, -0.2) is 4.98 Å². The summed E-state index contributed by atoms with van der Waals surface area (Å²) in [5, 5.41) is 4.16. The van der Waals surface area contributed by atoms with Crippen molar-refractivity contribution in [3.63, 3.8) is 0 Å². The molecule has 3 aromatic rings. The number of ether oxygens (including phenoxy) is 3. The van der Waals surface area contributed by atoms with Crippen molar-refractivity contribution in [1.82, 2.24) is 9.36 Å². The predicted octanol–water partition coefficient (Wildman–Crippen LogP) is 3.81. The van der Waals surface area contributed by atoms with Gasteiger partial charge < -0.3 is 19.5 Å².